The first kappa shape index (κ1) is 12.5. The molecule has 0 heterocycles. The number of methoxy groups -OCH3 is 1. The normalized spacial score (nSPS) is 9.12. The summed E-state index contributed by atoms with van der Waals surface area (Å²) in [6.07, 6.45) is 0. The molecule has 4 heteroatoms. The van der Waals surface area contributed by atoms with Crippen LogP contribution in [0.2, 0.25) is 0 Å². The number of hydrogen-bond donors (Lipinski definition) is 1. The summed E-state index contributed by atoms with van der Waals surface area (Å²) in [5.41, 5.74) is 0.699. The van der Waals surface area contributed by atoms with Gasteiger partial charge in [0.2, 0.25) is 0 Å². The van der Waals surface area contributed by atoms with Crippen molar-refractivity contribution in [2.24, 2.45) is 0 Å². The van der Waals surface area contributed by atoms with Gasteiger partial charge in [0.1, 0.15) is 11.5 Å². The fraction of sp³-hybridized carbons (Fsp3) is 0.250. The van der Waals surface area contributed by atoms with Gasteiger partial charge in [0.05, 0.1) is 18.4 Å². The molecule has 0 aliphatic carbocycles. The average molecular weight is 236 g/mol. The molecular formula is C12H12O3S. The molecule has 0 aliphatic rings. The molecule has 0 unspecified atom stereocenters. The van der Waals surface area contributed by atoms with Gasteiger partial charge in [-0.15, -0.1) is 0 Å². The first-order chi connectivity index (χ1) is 7.63. The van der Waals surface area contributed by atoms with Gasteiger partial charge in [-0.05, 0) is 12.1 Å². The second-order valence-electron chi connectivity index (χ2n) is 2.97. The highest BCUT2D eigenvalue weighted by Crippen LogP contribution is 2.22. The fourth-order valence-corrected chi connectivity index (χ4v) is 1.40. The largest absolute Gasteiger partial charge is 0.508 e. The second-order valence-corrected chi connectivity index (χ2v) is 4.12. The molecule has 1 N–H and O–H groups in total. The third-order valence-electron chi connectivity index (χ3n) is 1.76. The van der Waals surface area contributed by atoms with E-state index < -0.39 is 0 Å². The van der Waals surface area contributed by atoms with Crippen LogP contribution in [-0.4, -0.2) is 23.1 Å². The smallest absolute Gasteiger partial charge is 0.186 e. The Morgan fingerprint density at radius 2 is 2.31 bits per heavy atom. The van der Waals surface area contributed by atoms with Gasteiger partial charge in [-0.2, -0.15) is 0 Å². The van der Waals surface area contributed by atoms with Gasteiger partial charge in [-0.25, -0.2) is 0 Å². The molecule has 3 nitrogen and oxygen atoms in total. The van der Waals surface area contributed by atoms with Gasteiger partial charge in [-0.3, -0.25) is 4.79 Å². The molecule has 0 saturated heterocycles. The molecule has 0 atom stereocenters. The summed E-state index contributed by atoms with van der Waals surface area (Å²) in [5.74, 6) is 6.87. The second kappa shape index (κ2) is 6.09. The van der Waals surface area contributed by atoms with E-state index in [1.165, 1.54) is 20.1 Å². The number of rotatable bonds is 2. The van der Waals surface area contributed by atoms with E-state index in [-0.39, 0.29) is 10.9 Å². The van der Waals surface area contributed by atoms with Crippen molar-refractivity contribution in [3.63, 3.8) is 0 Å². The van der Waals surface area contributed by atoms with E-state index in [0.717, 1.165) is 11.8 Å². The number of ether oxygens (including phenoxy) is 1. The molecule has 1 aromatic rings. The van der Waals surface area contributed by atoms with Gasteiger partial charge in [0.15, 0.2) is 5.12 Å². The minimum absolute atomic E-state index is 0.0481. The Kier molecular flexibility index (Phi) is 4.74. The molecule has 0 spiro atoms. The number of benzene rings is 1. The molecule has 16 heavy (non-hydrogen) atoms. The lowest BCUT2D eigenvalue weighted by Gasteiger charge is -2.02. The molecule has 0 amide bonds. The van der Waals surface area contributed by atoms with Crippen molar-refractivity contribution < 1.29 is 14.6 Å². The van der Waals surface area contributed by atoms with Crippen LogP contribution in [0.1, 0.15) is 12.5 Å². The summed E-state index contributed by atoms with van der Waals surface area (Å²) < 4.78 is 5.07. The molecular weight excluding hydrogens is 224 g/mol. The lowest BCUT2D eigenvalue weighted by molar-refractivity contribution is -0.109. The number of phenols is 1. The maximum atomic E-state index is 10.7. The average Bonchev–Trinajstić information content (AvgIpc) is 2.25. The maximum absolute atomic E-state index is 10.7. The van der Waals surface area contributed by atoms with Crippen molar-refractivity contribution in [2.75, 3.05) is 12.9 Å². The number of carbonyl (C=O) groups excluding carboxylic acids is 1. The number of phenolic OH excluding ortho intramolecular Hbond substituents is 1. The Bertz CT molecular complexity index is 443. The van der Waals surface area contributed by atoms with E-state index in [1.807, 2.05) is 0 Å². The Morgan fingerprint density at radius 1 is 1.56 bits per heavy atom. The van der Waals surface area contributed by atoms with Gasteiger partial charge in [0.25, 0.3) is 0 Å². The predicted molar refractivity (Wildman–Crippen MR) is 64.7 cm³/mol. The van der Waals surface area contributed by atoms with E-state index in [4.69, 9.17) is 4.74 Å². The van der Waals surface area contributed by atoms with Crippen LogP contribution in [0.3, 0.4) is 0 Å². The van der Waals surface area contributed by atoms with Crippen molar-refractivity contribution in [1.29, 1.82) is 0 Å². The minimum Gasteiger partial charge on any atom is -0.508 e. The SMILES string of the molecule is COc1cc(O)ccc1C#CCSC(C)=O. The molecule has 1 rings (SSSR count). The number of thioether (sulfide) groups is 1. The molecule has 0 aromatic heterocycles. The van der Waals surface area contributed by atoms with Crippen LogP contribution < -0.4 is 4.74 Å². The van der Waals surface area contributed by atoms with Gasteiger partial charge in [-0.1, -0.05) is 23.6 Å². The molecule has 0 saturated carbocycles. The highest BCUT2D eigenvalue weighted by atomic mass is 32.2. The Hall–Kier alpha value is -1.60. The standard InChI is InChI=1S/C12H12O3S/c1-9(13)16-7-3-4-10-5-6-11(14)8-12(10)15-2/h5-6,8,14H,7H2,1-2H3. The first-order valence-corrected chi connectivity index (χ1v) is 5.61. The van der Waals surface area contributed by atoms with E-state index >= 15 is 0 Å². The van der Waals surface area contributed by atoms with E-state index in [1.54, 1.807) is 12.1 Å². The van der Waals surface area contributed by atoms with E-state index in [0.29, 0.717) is 17.1 Å². The van der Waals surface area contributed by atoms with Crippen LogP contribution in [0.25, 0.3) is 0 Å². The predicted octanol–water partition coefficient (Wildman–Crippen LogP) is 2.03. The zero-order valence-electron chi connectivity index (χ0n) is 9.11. The number of hydrogen-bond acceptors (Lipinski definition) is 4. The quantitative estimate of drug-likeness (QED) is 0.798. The van der Waals surface area contributed by atoms with Crippen molar-refractivity contribution in [3.05, 3.63) is 23.8 Å². The van der Waals surface area contributed by atoms with Crippen LogP contribution in [0.15, 0.2) is 18.2 Å². The zero-order valence-corrected chi connectivity index (χ0v) is 9.93. The Morgan fingerprint density at radius 3 is 2.94 bits per heavy atom. The van der Waals surface area contributed by atoms with Crippen LogP contribution >= 0.6 is 11.8 Å². The van der Waals surface area contributed by atoms with Crippen LogP contribution in [0.5, 0.6) is 11.5 Å². The lowest BCUT2D eigenvalue weighted by atomic mass is 10.2. The Labute approximate surface area is 98.8 Å². The highest BCUT2D eigenvalue weighted by Gasteiger charge is 2.00. The van der Waals surface area contributed by atoms with Crippen molar-refractivity contribution >= 4 is 16.9 Å². The maximum Gasteiger partial charge on any atom is 0.186 e. The summed E-state index contributed by atoms with van der Waals surface area (Å²) in [5, 5.41) is 9.28. The van der Waals surface area contributed by atoms with Crippen LogP contribution in [0.4, 0.5) is 0 Å². The molecule has 0 radical (unpaired) electrons. The summed E-state index contributed by atoms with van der Waals surface area (Å²) in [4.78, 5) is 10.7. The first-order valence-electron chi connectivity index (χ1n) is 4.62. The summed E-state index contributed by atoms with van der Waals surface area (Å²) in [6.45, 7) is 1.51. The van der Waals surface area contributed by atoms with Crippen molar-refractivity contribution in [2.45, 2.75) is 6.92 Å². The fourth-order valence-electron chi connectivity index (χ4n) is 1.05. The van der Waals surface area contributed by atoms with E-state index in [2.05, 4.69) is 11.8 Å². The summed E-state index contributed by atoms with van der Waals surface area (Å²) in [7, 11) is 1.52. The molecule has 84 valence electrons. The summed E-state index contributed by atoms with van der Waals surface area (Å²) in [6, 6.07) is 4.73. The third-order valence-corrected chi connectivity index (χ3v) is 2.45. The van der Waals surface area contributed by atoms with Gasteiger partial charge >= 0.3 is 0 Å². The number of aromatic hydroxyl groups is 1. The third kappa shape index (κ3) is 3.87. The molecule has 0 aliphatic heterocycles. The minimum atomic E-state index is 0.0481. The van der Waals surface area contributed by atoms with Crippen LogP contribution in [0, 0.1) is 11.8 Å². The highest BCUT2D eigenvalue weighted by molar-refractivity contribution is 8.13. The zero-order chi connectivity index (χ0) is 12.0. The topological polar surface area (TPSA) is 46.5 Å². The Balaban J connectivity index is 2.76. The van der Waals surface area contributed by atoms with Gasteiger partial charge < -0.3 is 9.84 Å². The lowest BCUT2D eigenvalue weighted by Crippen LogP contribution is -1.87. The van der Waals surface area contributed by atoms with E-state index in [9.17, 15) is 9.90 Å². The molecule has 1 aromatic carbocycles. The van der Waals surface area contributed by atoms with Crippen LogP contribution in [-0.2, 0) is 4.79 Å². The number of carbonyl (C=O) groups is 1. The summed E-state index contributed by atoms with van der Waals surface area (Å²) >= 11 is 1.16. The van der Waals surface area contributed by atoms with Crippen molar-refractivity contribution in [3.8, 4) is 23.3 Å². The van der Waals surface area contributed by atoms with Gasteiger partial charge in [0, 0.05) is 13.0 Å². The van der Waals surface area contributed by atoms with Crippen molar-refractivity contribution in [1.82, 2.24) is 0 Å². The monoisotopic (exact) mass is 236 g/mol. The molecule has 0 fully saturated rings. The molecule has 0 bridgehead atoms.